The average molecular weight is 263 g/mol. The number of amides is 1. The van der Waals surface area contributed by atoms with Crippen molar-refractivity contribution < 1.29 is 4.79 Å². The first-order chi connectivity index (χ1) is 8.93. The van der Waals surface area contributed by atoms with E-state index in [1.807, 2.05) is 58.4 Å². The summed E-state index contributed by atoms with van der Waals surface area (Å²) in [5.41, 5.74) is 7.18. The maximum Gasteiger partial charge on any atom is 0.227 e. The molecule has 2 atom stereocenters. The number of carbonyl (C=O) groups is 1. The Hall–Kier alpha value is -1.39. The van der Waals surface area contributed by atoms with Crippen LogP contribution in [0.4, 0.5) is 0 Å². The lowest BCUT2D eigenvalue weighted by atomic mass is 9.94. The fourth-order valence-corrected chi connectivity index (χ4v) is 1.93. The van der Waals surface area contributed by atoms with Gasteiger partial charge in [0.25, 0.3) is 0 Å². The van der Waals surface area contributed by atoms with Gasteiger partial charge < -0.3 is 15.5 Å². The summed E-state index contributed by atoms with van der Waals surface area (Å²) in [6.45, 7) is 3.47. The van der Waals surface area contributed by atoms with E-state index in [0.717, 1.165) is 18.7 Å². The van der Waals surface area contributed by atoms with Gasteiger partial charge in [0.15, 0.2) is 0 Å². The molecule has 106 valence electrons. The van der Waals surface area contributed by atoms with Crippen LogP contribution < -0.4 is 5.73 Å². The minimum absolute atomic E-state index is 0.0956. The first-order valence-corrected chi connectivity index (χ1v) is 6.63. The van der Waals surface area contributed by atoms with Gasteiger partial charge in [-0.1, -0.05) is 37.3 Å². The molecular weight excluding hydrogens is 238 g/mol. The van der Waals surface area contributed by atoms with E-state index >= 15 is 0 Å². The normalized spacial score (nSPS) is 14.2. The zero-order chi connectivity index (χ0) is 14.4. The van der Waals surface area contributed by atoms with E-state index in [4.69, 9.17) is 5.73 Å². The predicted molar refractivity (Wildman–Crippen MR) is 78.7 cm³/mol. The molecule has 1 rings (SSSR count). The van der Waals surface area contributed by atoms with Gasteiger partial charge >= 0.3 is 0 Å². The lowest BCUT2D eigenvalue weighted by Gasteiger charge is -2.26. The molecule has 2 N–H and O–H groups in total. The first kappa shape index (κ1) is 15.7. The van der Waals surface area contributed by atoms with E-state index in [1.54, 1.807) is 4.90 Å². The fraction of sp³-hybridized carbons (Fsp3) is 0.533. The highest BCUT2D eigenvalue weighted by Crippen LogP contribution is 2.20. The summed E-state index contributed by atoms with van der Waals surface area (Å²) in [5, 5.41) is 0. The van der Waals surface area contributed by atoms with Crippen LogP contribution in [0.15, 0.2) is 30.3 Å². The third-order valence-corrected chi connectivity index (χ3v) is 3.37. The molecule has 1 amide bonds. The molecule has 0 fully saturated rings. The smallest absolute Gasteiger partial charge is 0.227 e. The lowest BCUT2D eigenvalue weighted by molar-refractivity contribution is -0.134. The monoisotopic (exact) mass is 263 g/mol. The van der Waals surface area contributed by atoms with Crippen LogP contribution in [0.25, 0.3) is 0 Å². The summed E-state index contributed by atoms with van der Waals surface area (Å²) in [7, 11) is 5.83. The van der Waals surface area contributed by atoms with Crippen molar-refractivity contribution in [3.05, 3.63) is 35.9 Å². The molecule has 2 unspecified atom stereocenters. The van der Waals surface area contributed by atoms with Crippen molar-refractivity contribution in [1.82, 2.24) is 9.80 Å². The number of rotatable bonds is 6. The minimum atomic E-state index is -0.254. The Morgan fingerprint density at radius 3 is 2.26 bits per heavy atom. The molecule has 0 aromatic heterocycles. The molecule has 0 aliphatic carbocycles. The van der Waals surface area contributed by atoms with Gasteiger partial charge in [0.2, 0.25) is 5.91 Å². The van der Waals surface area contributed by atoms with Crippen molar-refractivity contribution >= 4 is 5.91 Å². The van der Waals surface area contributed by atoms with E-state index in [0.29, 0.717) is 0 Å². The van der Waals surface area contributed by atoms with Crippen molar-refractivity contribution in [2.24, 2.45) is 11.7 Å². The summed E-state index contributed by atoms with van der Waals surface area (Å²) in [4.78, 5) is 16.1. The number of nitrogens with zero attached hydrogens (tertiary/aromatic N) is 2. The number of nitrogens with two attached hydrogens (primary N) is 1. The largest absolute Gasteiger partial charge is 0.344 e. The first-order valence-electron chi connectivity index (χ1n) is 6.63. The zero-order valence-corrected chi connectivity index (χ0v) is 12.3. The lowest BCUT2D eigenvalue weighted by Crippen LogP contribution is -2.40. The van der Waals surface area contributed by atoms with Crippen LogP contribution in [0.5, 0.6) is 0 Å². The highest BCUT2D eigenvalue weighted by molar-refractivity contribution is 5.79. The molecule has 4 heteroatoms. The molecular formula is C15H25N3O. The summed E-state index contributed by atoms with van der Waals surface area (Å²) >= 11 is 0. The second-order valence-corrected chi connectivity index (χ2v) is 5.29. The summed E-state index contributed by atoms with van der Waals surface area (Å²) < 4.78 is 0. The second kappa shape index (κ2) is 7.26. The van der Waals surface area contributed by atoms with Gasteiger partial charge in [0, 0.05) is 26.2 Å². The van der Waals surface area contributed by atoms with Crippen molar-refractivity contribution in [3.8, 4) is 0 Å². The Labute approximate surface area is 116 Å². The predicted octanol–water partition coefficient (Wildman–Crippen LogP) is 1.34. The van der Waals surface area contributed by atoms with Gasteiger partial charge in [0.1, 0.15) is 0 Å². The van der Waals surface area contributed by atoms with Crippen LogP contribution in [0, 0.1) is 5.92 Å². The molecule has 1 aromatic carbocycles. The number of carbonyl (C=O) groups excluding carboxylic acids is 1. The quantitative estimate of drug-likeness (QED) is 0.842. The van der Waals surface area contributed by atoms with E-state index in [2.05, 4.69) is 4.90 Å². The Kier molecular flexibility index (Phi) is 5.99. The maximum absolute atomic E-state index is 12.3. The Morgan fingerprint density at radius 1 is 1.16 bits per heavy atom. The summed E-state index contributed by atoms with van der Waals surface area (Å²) in [5.74, 6) is -0.118. The van der Waals surface area contributed by atoms with Crippen molar-refractivity contribution in [1.29, 1.82) is 0 Å². The standard InChI is InChI=1S/C15H25N3O/c1-12(14(16)13-8-6-5-7-9-13)15(19)18(4)11-10-17(2)3/h5-9,12,14H,10-11,16H2,1-4H3. The third kappa shape index (κ3) is 4.65. The van der Waals surface area contributed by atoms with E-state index < -0.39 is 0 Å². The van der Waals surface area contributed by atoms with E-state index in [-0.39, 0.29) is 17.9 Å². The maximum atomic E-state index is 12.3. The number of hydrogen-bond donors (Lipinski definition) is 1. The van der Waals surface area contributed by atoms with Crippen LogP contribution in [0.1, 0.15) is 18.5 Å². The minimum Gasteiger partial charge on any atom is -0.344 e. The molecule has 19 heavy (non-hydrogen) atoms. The summed E-state index contributed by atoms with van der Waals surface area (Å²) in [6, 6.07) is 9.52. The van der Waals surface area contributed by atoms with Crippen LogP contribution in [-0.2, 0) is 4.79 Å². The fourth-order valence-electron chi connectivity index (χ4n) is 1.93. The van der Waals surface area contributed by atoms with Crippen molar-refractivity contribution in [2.75, 3.05) is 34.2 Å². The van der Waals surface area contributed by atoms with Crippen molar-refractivity contribution in [3.63, 3.8) is 0 Å². The van der Waals surface area contributed by atoms with Gasteiger partial charge in [-0.05, 0) is 19.7 Å². The van der Waals surface area contributed by atoms with Crippen LogP contribution in [0.2, 0.25) is 0 Å². The van der Waals surface area contributed by atoms with Gasteiger partial charge in [-0.2, -0.15) is 0 Å². The Morgan fingerprint density at radius 2 is 1.74 bits per heavy atom. The molecule has 0 spiro atoms. The van der Waals surface area contributed by atoms with Gasteiger partial charge in [-0.15, -0.1) is 0 Å². The van der Waals surface area contributed by atoms with Gasteiger partial charge in [0.05, 0.1) is 5.92 Å². The van der Waals surface area contributed by atoms with E-state index in [9.17, 15) is 4.79 Å². The van der Waals surface area contributed by atoms with Crippen LogP contribution in [-0.4, -0.2) is 49.9 Å². The molecule has 0 radical (unpaired) electrons. The number of benzene rings is 1. The van der Waals surface area contributed by atoms with Gasteiger partial charge in [-0.25, -0.2) is 0 Å². The molecule has 0 saturated carbocycles. The van der Waals surface area contributed by atoms with Crippen LogP contribution in [0.3, 0.4) is 0 Å². The third-order valence-electron chi connectivity index (χ3n) is 3.37. The average Bonchev–Trinajstić information content (AvgIpc) is 2.43. The Bertz CT molecular complexity index is 392. The zero-order valence-electron chi connectivity index (χ0n) is 12.3. The molecule has 0 saturated heterocycles. The molecule has 1 aromatic rings. The van der Waals surface area contributed by atoms with Crippen LogP contribution >= 0.6 is 0 Å². The Balaban J connectivity index is 2.61. The van der Waals surface area contributed by atoms with E-state index in [1.165, 1.54) is 0 Å². The highest BCUT2D eigenvalue weighted by Gasteiger charge is 2.24. The van der Waals surface area contributed by atoms with Crippen molar-refractivity contribution in [2.45, 2.75) is 13.0 Å². The van der Waals surface area contributed by atoms with Gasteiger partial charge in [-0.3, -0.25) is 4.79 Å². The summed E-state index contributed by atoms with van der Waals surface area (Å²) in [6.07, 6.45) is 0. The number of likely N-dealkylation sites (N-methyl/N-ethyl adjacent to an activating group) is 2. The molecule has 0 bridgehead atoms. The SMILES string of the molecule is CC(C(=O)N(C)CCN(C)C)C(N)c1ccccc1. The molecule has 0 aliphatic rings. The molecule has 4 nitrogen and oxygen atoms in total. The second-order valence-electron chi connectivity index (χ2n) is 5.29. The molecule has 0 aliphatic heterocycles. The topological polar surface area (TPSA) is 49.6 Å². The highest BCUT2D eigenvalue weighted by atomic mass is 16.2. The number of hydrogen-bond acceptors (Lipinski definition) is 3. The molecule has 0 heterocycles.